The van der Waals surface area contributed by atoms with Gasteiger partial charge < -0.3 is 11.1 Å². The lowest BCUT2D eigenvalue weighted by Crippen LogP contribution is -2.12. The van der Waals surface area contributed by atoms with E-state index in [1.54, 1.807) is 24.3 Å². The molecule has 0 fully saturated rings. The second-order valence-corrected chi connectivity index (χ2v) is 4.89. The van der Waals surface area contributed by atoms with E-state index in [-0.39, 0.29) is 11.4 Å². The van der Waals surface area contributed by atoms with E-state index in [1.807, 2.05) is 6.92 Å². The van der Waals surface area contributed by atoms with Gasteiger partial charge in [-0.2, -0.15) is 0 Å². The molecular weight excluding hydrogens is 279 g/mol. The number of carbonyl (C=O) groups is 1. The summed E-state index contributed by atoms with van der Waals surface area (Å²) in [6.07, 6.45) is 0. The maximum atomic E-state index is 13.2. The van der Waals surface area contributed by atoms with Crippen LogP contribution in [0.15, 0.2) is 36.4 Å². The minimum atomic E-state index is -0.583. The van der Waals surface area contributed by atoms with E-state index in [0.29, 0.717) is 17.3 Å². The summed E-state index contributed by atoms with van der Waals surface area (Å²) in [5.41, 5.74) is 8.03. The standard InChI is InChI=1S/C15H14ClFN2O/c1-9-2-3-11(17)6-10(9)8-19-12-4-5-14(16)13(7-12)15(18)20/h2-7,19H,8H2,1H3,(H2,18,20). The Labute approximate surface area is 121 Å². The van der Waals surface area contributed by atoms with Crippen molar-refractivity contribution >= 4 is 23.2 Å². The van der Waals surface area contributed by atoms with E-state index in [4.69, 9.17) is 17.3 Å². The zero-order valence-electron chi connectivity index (χ0n) is 10.9. The number of aryl methyl sites for hydroxylation is 1. The van der Waals surface area contributed by atoms with Crippen molar-refractivity contribution in [3.8, 4) is 0 Å². The summed E-state index contributed by atoms with van der Waals surface area (Å²) in [6, 6.07) is 9.55. The number of nitrogens with one attached hydrogen (secondary N) is 1. The summed E-state index contributed by atoms with van der Waals surface area (Å²) in [5.74, 6) is -0.859. The quantitative estimate of drug-likeness (QED) is 0.906. The highest BCUT2D eigenvalue weighted by atomic mass is 35.5. The first-order valence-corrected chi connectivity index (χ1v) is 6.43. The van der Waals surface area contributed by atoms with Crippen molar-refractivity contribution in [2.45, 2.75) is 13.5 Å². The molecule has 0 unspecified atom stereocenters. The molecule has 0 saturated carbocycles. The van der Waals surface area contributed by atoms with Crippen LogP contribution < -0.4 is 11.1 Å². The molecular formula is C15H14ClFN2O. The zero-order valence-corrected chi connectivity index (χ0v) is 11.7. The summed E-state index contributed by atoms with van der Waals surface area (Å²) < 4.78 is 13.2. The largest absolute Gasteiger partial charge is 0.381 e. The van der Waals surface area contributed by atoms with Crippen LogP contribution in [0.5, 0.6) is 0 Å². The van der Waals surface area contributed by atoms with E-state index in [9.17, 15) is 9.18 Å². The Bertz CT molecular complexity index is 658. The topological polar surface area (TPSA) is 55.1 Å². The molecule has 0 aromatic heterocycles. The van der Waals surface area contributed by atoms with Crippen LogP contribution in [0.2, 0.25) is 5.02 Å². The highest BCUT2D eigenvalue weighted by molar-refractivity contribution is 6.33. The van der Waals surface area contributed by atoms with E-state index in [0.717, 1.165) is 11.1 Å². The van der Waals surface area contributed by atoms with Gasteiger partial charge in [0.15, 0.2) is 0 Å². The van der Waals surface area contributed by atoms with Gasteiger partial charge in [-0.3, -0.25) is 4.79 Å². The number of hydrogen-bond acceptors (Lipinski definition) is 2. The first-order valence-electron chi connectivity index (χ1n) is 6.05. The maximum absolute atomic E-state index is 13.2. The SMILES string of the molecule is Cc1ccc(F)cc1CNc1ccc(Cl)c(C(N)=O)c1. The zero-order chi connectivity index (χ0) is 14.7. The molecule has 0 heterocycles. The number of nitrogens with two attached hydrogens (primary N) is 1. The molecule has 0 radical (unpaired) electrons. The van der Waals surface area contributed by atoms with Crippen LogP contribution in [0.3, 0.4) is 0 Å². The van der Waals surface area contributed by atoms with Crippen molar-refractivity contribution in [3.05, 3.63) is 63.9 Å². The van der Waals surface area contributed by atoms with Crippen molar-refractivity contribution in [2.75, 3.05) is 5.32 Å². The minimum absolute atomic E-state index is 0.257. The third-order valence-corrected chi connectivity index (χ3v) is 3.36. The molecule has 3 N–H and O–H groups in total. The molecule has 2 rings (SSSR count). The number of rotatable bonds is 4. The molecule has 0 aliphatic carbocycles. The molecule has 1 amide bonds. The molecule has 0 bridgehead atoms. The summed E-state index contributed by atoms with van der Waals surface area (Å²) >= 11 is 5.88. The predicted octanol–water partition coefficient (Wildman–Crippen LogP) is 3.50. The van der Waals surface area contributed by atoms with Crippen LogP contribution in [0.4, 0.5) is 10.1 Å². The third-order valence-electron chi connectivity index (χ3n) is 3.03. The van der Waals surface area contributed by atoms with Crippen LogP contribution in [0.25, 0.3) is 0 Å². The van der Waals surface area contributed by atoms with Crippen molar-refractivity contribution in [3.63, 3.8) is 0 Å². The van der Waals surface area contributed by atoms with E-state index < -0.39 is 5.91 Å². The second kappa shape index (κ2) is 5.92. The molecule has 2 aromatic carbocycles. The monoisotopic (exact) mass is 292 g/mol. The molecule has 0 aliphatic rings. The van der Waals surface area contributed by atoms with Gasteiger partial charge in [0.2, 0.25) is 5.91 Å². The Hall–Kier alpha value is -2.07. The number of primary amides is 1. The summed E-state index contributed by atoms with van der Waals surface area (Å²) in [7, 11) is 0. The maximum Gasteiger partial charge on any atom is 0.250 e. The highest BCUT2D eigenvalue weighted by Gasteiger charge is 2.08. The average molecular weight is 293 g/mol. The van der Waals surface area contributed by atoms with Crippen LogP contribution in [-0.4, -0.2) is 5.91 Å². The average Bonchev–Trinajstić information content (AvgIpc) is 2.41. The molecule has 104 valence electrons. The van der Waals surface area contributed by atoms with Crippen molar-refractivity contribution in [1.82, 2.24) is 0 Å². The number of halogens is 2. The molecule has 2 aromatic rings. The van der Waals surface area contributed by atoms with Gasteiger partial charge in [0.25, 0.3) is 0 Å². The van der Waals surface area contributed by atoms with Crippen LogP contribution in [-0.2, 0) is 6.54 Å². The molecule has 0 saturated heterocycles. The lowest BCUT2D eigenvalue weighted by Gasteiger charge is -2.10. The fourth-order valence-electron chi connectivity index (χ4n) is 1.85. The van der Waals surface area contributed by atoms with E-state index >= 15 is 0 Å². The van der Waals surface area contributed by atoms with Gasteiger partial charge in [0, 0.05) is 12.2 Å². The van der Waals surface area contributed by atoms with Crippen LogP contribution in [0, 0.1) is 12.7 Å². The van der Waals surface area contributed by atoms with Gasteiger partial charge in [-0.1, -0.05) is 17.7 Å². The Morgan fingerprint density at radius 2 is 2.05 bits per heavy atom. The fourth-order valence-corrected chi connectivity index (χ4v) is 2.06. The summed E-state index contributed by atoms with van der Waals surface area (Å²) in [5, 5.41) is 3.43. The fraction of sp³-hybridized carbons (Fsp3) is 0.133. The van der Waals surface area contributed by atoms with Crippen molar-refractivity contribution in [2.24, 2.45) is 5.73 Å². The lowest BCUT2D eigenvalue weighted by molar-refractivity contribution is 0.100. The summed E-state index contributed by atoms with van der Waals surface area (Å²) in [4.78, 5) is 11.2. The van der Waals surface area contributed by atoms with Crippen molar-refractivity contribution in [1.29, 1.82) is 0 Å². The van der Waals surface area contributed by atoms with E-state index in [2.05, 4.69) is 5.32 Å². The third kappa shape index (κ3) is 3.27. The van der Waals surface area contributed by atoms with Gasteiger partial charge in [-0.25, -0.2) is 4.39 Å². The Kier molecular flexibility index (Phi) is 4.25. The smallest absolute Gasteiger partial charge is 0.250 e. The van der Waals surface area contributed by atoms with Crippen molar-refractivity contribution < 1.29 is 9.18 Å². The van der Waals surface area contributed by atoms with Gasteiger partial charge in [0.05, 0.1) is 10.6 Å². The van der Waals surface area contributed by atoms with Gasteiger partial charge in [-0.15, -0.1) is 0 Å². The first kappa shape index (κ1) is 14.3. The minimum Gasteiger partial charge on any atom is -0.381 e. The molecule has 5 heteroatoms. The molecule has 3 nitrogen and oxygen atoms in total. The molecule has 0 aliphatic heterocycles. The Morgan fingerprint density at radius 3 is 2.75 bits per heavy atom. The van der Waals surface area contributed by atoms with Gasteiger partial charge >= 0.3 is 0 Å². The Morgan fingerprint density at radius 1 is 1.30 bits per heavy atom. The lowest BCUT2D eigenvalue weighted by atomic mass is 10.1. The first-order chi connectivity index (χ1) is 9.47. The normalized spacial score (nSPS) is 10.3. The summed E-state index contributed by atoms with van der Waals surface area (Å²) in [6.45, 7) is 2.36. The predicted molar refractivity (Wildman–Crippen MR) is 78.4 cm³/mol. The van der Waals surface area contributed by atoms with Crippen LogP contribution >= 0.6 is 11.6 Å². The van der Waals surface area contributed by atoms with Gasteiger partial charge in [0.1, 0.15) is 5.82 Å². The highest BCUT2D eigenvalue weighted by Crippen LogP contribution is 2.21. The number of amides is 1. The Balaban J connectivity index is 2.17. The molecule has 0 atom stereocenters. The second-order valence-electron chi connectivity index (χ2n) is 4.48. The number of anilines is 1. The van der Waals surface area contributed by atoms with Gasteiger partial charge in [-0.05, 0) is 48.4 Å². The number of benzene rings is 2. The molecule has 20 heavy (non-hydrogen) atoms. The molecule has 0 spiro atoms. The number of carbonyl (C=O) groups excluding carboxylic acids is 1. The van der Waals surface area contributed by atoms with Crippen LogP contribution in [0.1, 0.15) is 21.5 Å². The number of hydrogen-bond donors (Lipinski definition) is 2. The van der Waals surface area contributed by atoms with E-state index in [1.165, 1.54) is 12.1 Å².